The van der Waals surface area contributed by atoms with Crippen molar-refractivity contribution in [1.82, 2.24) is 10.6 Å². The number of rotatable bonds is 12. The van der Waals surface area contributed by atoms with E-state index in [-0.39, 0.29) is 18.2 Å². The summed E-state index contributed by atoms with van der Waals surface area (Å²) in [6.45, 7) is 7.48. The number of amides is 2. The van der Waals surface area contributed by atoms with Crippen molar-refractivity contribution < 1.29 is 19.1 Å². The Morgan fingerprint density at radius 3 is 2.08 bits per heavy atom. The molecule has 2 amide bonds. The molecule has 0 spiro atoms. The SMILES string of the molecule is CCCCNC(=O)Cc1ccc(OC)cc1-c1cc(C)c2cc(OC)ccc2c1C(=O)NCCCC. The van der Waals surface area contributed by atoms with Crippen LogP contribution in [0.5, 0.6) is 11.5 Å². The average Bonchev–Trinajstić information content (AvgIpc) is 2.88. The van der Waals surface area contributed by atoms with Gasteiger partial charge in [-0.25, -0.2) is 0 Å². The Balaban J connectivity index is 2.20. The van der Waals surface area contributed by atoms with Crippen LogP contribution < -0.4 is 20.1 Å². The molecule has 0 aliphatic heterocycles. The first-order valence-corrected chi connectivity index (χ1v) is 12.8. The van der Waals surface area contributed by atoms with Crippen molar-refractivity contribution in [1.29, 1.82) is 0 Å². The Bertz CT molecular complexity index is 1220. The second-order valence-corrected chi connectivity index (χ2v) is 9.04. The zero-order chi connectivity index (χ0) is 26.1. The first-order chi connectivity index (χ1) is 17.4. The van der Waals surface area contributed by atoms with Crippen molar-refractivity contribution in [2.75, 3.05) is 27.3 Å². The number of hydrogen-bond donors (Lipinski definition) is 2. The smallest absolute Gasteiger partial charge is 0.252 e. The van der Waals surface area contributed by atoms with Gasteiger partial charge in [-0.1, -0.05) is 32.8 Å². The van der Waals surface area contributed by atoms with Gasteiger partial charge in [0, 0.05) is 13.1 Å². The van der Waals surface area contributed by atoms with Gasteiger partial charge in [0.2, 0.25) is 5.91 Å². The molecule has 0 unspecified atom stereocenters. The minimum Gasteiger partial charge on any atom is -0.497 e. The van der Waals surface area contributed by atoms with Crippen LogP contribution in [0.2, 0.25) is 0 Å². The fourth-order valence-electron chi connectivity index (χ4n) is 4.36. The molecule has 0 heterocycles. The van der Waals surface area contributed by atoms with E-state index in [4.69, 9.17) is 9.47 Å². The predicted molar refractivity (Wildman–Crippen MR) is 146 cm³/mol. The number of methoxy groups -OCH3 is 2. The van der Waals surface area contributed by atoms with Crippen LogP contribution in [-0.2, 0) is 11.2 Å². The Kier molecular flexibility index (Phi) is 9.74. The van der Waals surface area contributed by atoms with Crippen molar-refractivity contribution in [3.05, 3.63) is 59.2 Å². The third-order valence-electron chi connectivity index (χ3n) is 6.40. The molecule has 3 aromatic carbocycles. The molecule has 0 atom stereocenters. The van der Waals surface area contributed by atoms with E-state index in [9.17, 15) is 9.59 Å². The largest absolute Gasteiger partial charge is 0.497 e. The van der Waals surface area contributed by atoms with Gasteiger partial charge in [0.15, 0.2) is 0 Å². The van der Waals surface area contributed by atoms with Crippen molar-refractivity contribution in [3.8, 4) is 22.6 Å². The highest BCUT2D eigenvalue weighted by Gasteiger charge is 2.22. The van der Waals surface area contributed by atoms with Crippen molar-refractivity contribution in [3.63, 3.8) is 0 Å². The van der Waals surface area contributed by atoms with Crippen molar-refractivity contribution >= 4 is 22.6 Å². The van der Waals surface area contributed by atoms with Crippen molar-refractivity contribution in [2.45, 2.75) is 52.9 Å². The van der Waals surface area contributed by atoms with E-state index in [1.165, 1.54) is 0 Å². The summed E-state index contributed by atoms with van der Waals surface area (Å²) in [4.78, 5) is 26.3. The number of unbranched alkanes of at least 4 members (excludes halogenated alkanes) is 2. The fourth-order valence-corrected chi connectivity index (χ4v) is 4.36. The molecule has 3 rings (SSSR count). The maximum absolute atomic E-state index is 13.6. The average molecular weight is 491 g/mol. The van der Waals surface area contributed by atoms with E-state index in [0.29, 0.717) is 24.4 Å². The van der Waals surface area contributed by atoms with Gasteiger partial charge < -0.3 is 20.1 Å². The highest BCUT2D eigenvalue weighted by Crippen LogP contribution is 2.37. The van der Waals surface area contributed by atoms with Crippen LogP contribution in [0.4, 0.5) is 0 Å². The normalized spacial score (nSPS) is 10.8. The van der Waals surface area contributed by atoms with Gasteiger partial charge >= 0.3 is 0 Å². The lowest BCUT2D eigenvalue weighted by Gasteiger charge is -2.19. The van der Waals surface area contributed by atoms with Crippen molar-refractivity contribution in [2.24, 2.45) is 0 Å². The van der Waals surface area contributed by atoms with Crippen LogP contribution in [0.15, 0.2) is 42.5 Å². The maximum Gasteiger partial charge on any atom is 0.252 e. The molecule has 6 nitrogen and oxygen atoms in total. The van der Waals surface area contributed by atoms with E-state index >= 15 is 0 Å². The quantitative estimate of drug-likeness (QED) is 0.314. The number of carbonyl (C=O) groups excluding carboxylic acids is 2. The van der Waals surface area contributed by atoms with Crippen LogP contribution in [0.25, 0.3) is 21.9 Å². The number of fused-ring (bicyclic) bond motifs is 1. The van der Waals surface area contributed by atoms with E-state index in [1.807, 2.05) is 49.4 Å². The summed E-state index contributed by atoms with van der Waals surface area (Å²) >= 11 is 0. The molecule has 0 aliphatic rings. The summed E-state index contributed by atoms with van der Waals surface area (Å²) in [7, 11) is 3.25. The molecule has 2 N–H and O–H groups in total. The highest BCUT2D eigenvalue weighted by atomic mass is 16.5. The molecular weight excluding hydrogens is 452 g/mol. The Morgan fingerprint density at radius 2 is 1.42 bits per heavy atom. The Morgan fingerprint density at radius 1 is 0.778 bits per heavy atom. The zero-order valence-electron chi connectivity index (χ0n) is 22.1. The minimum absolute atomic E-state index is 0.0361. The molecule has 6 heteroatoms. The van der Waals surface area contributed by atoms with Crippen LogP contribution in [-0.4, -0.2) is 39.1 Å². The fraction of sp³-hybridized carbons (Fsp3) is 0.400. The summed E-state index contributed by atoms with van der Waals surface area (Å²) in [6.07, 6.45) is 4.08. The van der Waals surface area contributed by atoms with Crippen LogP contribution >= 0.6 is 0 Å². The first-order valence-electron chi connectivity index (χ1n) is 12.8. The number of carbonyl (C=O) groups is 2. The molecule has 3 aromatic rings. The van der Waals surface area contributed by atoms with Crippen LogP contribution in [0, 0.1) is 6.92 Å². The molecular formula is C30H38N2O4. The summed E-state index contributed by atoms with van der Waals surface area (Å²) in [5.41, 5.74) is 4.07. The number of benzene rings is 3. The molecule has 0 bridgehead atoms. The van der Waals surface area contributed by atoms with Crippen LogP contribution in [0.3, 0.4) is 0 Å². The molecule has 192 valence electrons. The standard InChI is InChI=1S/C30H38N2O4/c1-6-8-14-31-28(33)17-21-10-11-22(35-4)19-26(21)27-16-20(3)25-18-23(36-5)12-13-24(25)29(27)30(34)32-15-9-7-2/h10-13,16,18-19H,6-9,14-15,17H2,1-5H3,(H,31,33)(H,32,34). The third-order valence-corrected chi connectivity index (χ3v) is 6.40. The van der Waals surface area contributed by atoms with Gasteiger partial charge in [0.25, 0.3) is 5.91 Å². The summed E-state index contributed by atoms with van der Waals surface area (Å²) < 4.78 is 11.0. The molecule has 0 aromatic heterocycles. The number of ether oxygens (including phenoxy) is 2. The van der Waals surface area contributed by atoms with Gasteiger partial charge in [-0.3, -0.25) is 9.59 Å². The Labute approximate surface area is 214 Å². The predicted octanol–water partition coefficient (Wildman–Crippen LogP) is 5.82. The second-order valence-electron chi connectivity index (χ2n) is 9.04. The molecule has 0 aliphatic carbocycles. The highest BCUT2D eigenvalue weighted by molar-refractivity contribution is 6.13. The van der Waals surface area contributed by atoms with E-state index in [1.54, 1.807) is 14.2 Å². The topological polar surface area (TPSA) is 76.7 Å². The zero-order valence-corrected chi connectivity index (χ0v) is 22.1. The molecule has 0 saturated carbocycles. The van der Waals surface area contributed by atoms with Crippen LogP contribution in [0.1, 0.15) is 61.0 Å². The van der Waals surface area contributed by atoms with E-state index in [2.05, 4.69) is 24.5 Å². The maximum atomic E-state index is 13.6. The third kappa shape index (κ3) is 6.36. The summed E-state index contributed by atoms with van der Waals surface area (Å²) in [5, 5.41) is 7.90. The molecule has 0 radical (unpaired) electrons. The van der Waals surface area contributed by atoms with Gasteiger partial charge in [0.1, 0.15) is 11.5 Å². The monoisotopic (exact) mass is 490 g/mol. The first kappa shape index (κ1) is 27.1. The van der Waals surface area contributed by atoms with Gasteiger partial charge in [-0.2, -0.15) is 0 Å². The summed E-state index contributed by atoms with van der Waals surface area (Å²) in [5.74, 6) is 1.24. The lowest BCUT2D eigenvalue weighted by atomic mass is 9.87. The van der Waals surface area contributed by atoms with Gasteiger partial charge in [-0.15, -0.1) is 0 Å². The number of hydrogen-bond acceptors (Lipinski definition) is 4. The number of nitrogens with one attached hydrogen (secondary N) is 2. The van der Waals surface area contributed by atoms with Gasteiger partial charge in [0.05, 0.1) is 26.2 Å². The second kappa shape index (κ2) is 13.0. The number of aryl methyl sites for hydroxylation is 1. The molecule has 36 heavy (non-hydrogen) atoms. The lowest BCUT2D eigenvalue weighted by Crippen LogP contribution is -2.27. The Hall–Kier alpha value is -3.54. The molecule has 0 saturated heterocycles. The van der Waals surface area contributed by atoms with E-state index < -0.39 is 0 Å². The van der Waals surface area contributed by atoms with Gasteiger partial charge in [-0.05, 0) is 89.2 Å². The van der Waals surface area contributed by atoms with E-state index in [0.717, 1.165) is 64.5 Å². The molecule has 0 fully saturated rings. The summed E-state index contributed by atoms with van der Waals surface area (Å²) in [6, 6.07) is 13.5. The lowest BCUT2D eigenvalue weighted by molar-refractivity contribution is -0.120. The minimum atomic E-state index is -0.130.